The van der Waals surface area contributed by atoms with Gasteiger partial charge >= 0.3 is 12.1 Å². The minimum atomic E-state index is -0.619. The van der Waals surface area contributed by atoms with Crippen LogP contribution in [0.5, 0.6) is 0 Å². The zero-order valence-corrected chi connectivity index (χ0v) is 28.4. The van der Waals surface area contributed by atoms with Crippen molar-refractivity contribution < 1.29 is 28.7 Å². The van der Waals surface area contributed by atoms with Crippen molar-refractivity contribution in [2.75, 3.05) is 26.2 Å². The maximum atomic E-state index is 13.1. The molecule has 1 aliphatic rings. The van der Waals surface area contributed by atoms with E-state index in [0.717, 1.165) is 21.2 Å². The van der Waals surface area contributed by atoms with Gasteiger partial charge in [0, 0.05) is 28.8 Å². The fourth-order valence-corrected chi connectivity index (χ4v) is 5.31. The molecule has 0 bridgehead atoms. The van der Waals surface area contributed by atoms with Crippen molar-refractivity contribution in [2.45, 2.75) is 84.7 Å². The molecule has 2 aromatic rings. The summed E-state index contributed by atoms with van der Waals surface area (Å²) in [6.45, 7) is 14.5. The van der Waals surface area contributed by atoms with Crippen LogP contribution in [0.1, 0.15) is 94.3 Å². The number of benzene rings is 2. The molecule has 10 heteroatoms. The average Bonchev–Trinajstić information content (AvgIpc) is 3.38. The predicted molar refractivity (Wildman–Crippen MR) is 174 cm³/mol. The monoisotopic (exact) mass is 669 g/mol. The van der Waals surface area contributed by atoms with Crippen LogP contribution in [0.2, 0.25) is 0 Å². The number of Topliss-reactive ketones (excluding diaryl/α,β-unsaturated/α-hetero) is 1. The van der Waals surface area contributed by atoms with Gasteiger partial charge in [-0.1, -0.05) is 54.9 Å². The number of aliphatic imine (C=N–C) groups is 1. The molecule has 0 aliphatic carbocycles. The van der Waals surface area contributed by atoms with E-state index in [0.29, 0.717) is 30.9 Å². The van der Waals surface area contributed by atoms with Crippen LogP contribution in [-0.4, -0.2) is 66.3 Å². The Labute approximate surface area is 268 Å². The summed E-state index contributed by atoms with van der Waals surface area (Å²) in [6, 6.07) is 13.0. The summed E-state index contributed by atoms with van der Waals surface area (Å²) in [4.78, 5) is 57.2. The molecule has 2 amide bonds. The number of hydrogen-bond acceptors (Lipinski definition) is 7. The highest BCUT2D eigenvalue weighted by atomic mass is 79.9. The van der Waals surface area contributed by atoms with E-state index in [1.54, 1.807) is 25.1 Å². The molecule has 0 saturated carbocycles. The zero-order chi connectivity index (χ0) is 32.7. The average molecular weight is 671 g/mol. The highest BCUT2D eigenvalue weighted by molar-refractivity contribution is 9.10. The number of carbonyl (C=O) groups is 4. The van der Waals surface area contributed by atoms with Gasteiger partial charge in [-0.25, -0.2) is 4.79 Å². The largest absolute Gasteiger partial charge is 0.466 e. The molecule has 0 spiro atoms. The Bertz CT molecular complexity index is 1410. The van der Waals surface area contributed by atoms with Gasteiger partial charge in [-0.2, -0.15) is 0 Å². The molecule has 1 N–H and O–H groups in total. The second kappa shape index (κ2) is 15.0. The van der Waals surface area contributed by atoms with Crippen molar-refractivity contribution in [2.24, 2.45) is 4.99 Å². The lowest BCUT2D eigenvalue weighted by Gasteiger charge is -2.25. The highest BCUT2D eigenvalue weighted by Crippen LogP contribution is 2.33. The summed E-state index contributed by atoms with van der Waals surface area (Å²) in [5.74, 6) is -0.783. The van der Waals surface area contributed by atoms with E-state index in [9.17, 15) is 19.2 Å². The maximum absolute atomic E-state index is 13.1. The second-order valence-corrected chi connectivity index (χ2v) is 13.9. The van der Waals surface area contributed by atoms with Crippen LogP contribution < -0.4 is 5.32 Å². The lowest BCUT2D eigenvalue weighted by Crippen LogP contribution is -2.39. The number of ether oxygens (including phenoxy) is 2. The normalized spacial score (nSPS) is 14.1. The number of esters is 1. The first-order chi connectivity index (χ1) is 20.6. The summed E-state index contributed by atoms with van der Waals surface area (Å²) in [5.41, 5.74) is 2.39. The quantitative estimate of drug-likeness (QED) is 0.278. The van der Waals surface area contributed by atoms with Gasteiger partial charge in [0.15, 0.2) is 5.78 Å². The summed E-state index contributed by atoms with van der Waals surface area (Å²) in [6.07, 6.45) is 0.0389. The number of carbonyl (C=O) groups excluding carboxylic acids is 4. The van der Waals surface area contributed by atoms with E-state index in [2.05, 4.69) is 47.0 Å². The topological polar surface area (TPSA) is 114 Å². The van der Waals surface area contributed by atoms with Gasteiger partial charge in [0.1, 0.15) is 11.4 Å². The van der Waals surface area contributed by atoms with E-state index in [4.69, 9.17) is 9.47 Å². The van der Waals surface area contributed by atoms with Gasteiger partial charge in [-0.05, 0) is 74.1 Å². The molecule has 9 nitrogen and oxygen atoms in total. The molecule has 1 atom stereocenters. The minimum Gasteiger partial charge on any atom is -0.466 e. The summed E-state index contributed by atoms with van der Waals surface area (Å²) >= 11 is 3.58. The third kappa shape index (κ3) is 10.6. The molecule has 0 unspecified atom stereocenters. The Morgan fingerprint density at radius 3 is 2.41 bits per heavy atom. The van der Waals surface area contributed by atoms with Crippen molar-refractivity contribution in [3.8, 4) is 0 Å². The molecule has 1 aliphatic heterocycles. The van der Waals surface area contributed by atoms with Gasteiger partial charge in [0.05, 0.1) is 32.7 Å². The lowest BCUT2D eigenvalue weighted by atomic mass is 9.83. The van der Waals surface area contributed by atoms with Crippen LogP contribution in [-0.2, 0) is 30.9 Å². The van der Waals surface area contributed by atoms with Crippen LogP contribution >= 0.6 is 15.9 Å². The molecule has 238 valence electrons. The van der Waals surface area contributed by atoms with Crippen molar-refractivity contribution >= 4 is 45.5 Å². The van der Waals surface area contributed by atoms with Crippen molar-refractivity contribution in [3.63, 3.8) is 0 Å². The Kier molecular flexibility index (Phi) is 11.9. The number of hydrogen-bond donors (Lipinski definition) is 1. The number of nitrogens with zero attached hydrogens (tertiary/aromatic N) is 2. The molecule has 0 fully saturated rings. The first kappa shape index (κ1) is 35.0. The second-order valence-electron chi connectivity index (χ2n) is 13.0. The molecule has 2 aromatic carbocycles. The molecular formula is C34H44BrN3O6. The maximum Gasteiger partial charge on any atom is 0.415 e. The summed E-state index contributed by atoms with van der Waals surface area (Å²) in [5, 5.41) is 2.73. The van der Waals surface area contributed by atoms with Gasteiger partial charge in [0.25, 0.3) is 5.91 Å². The van der Waals surface area contributed by atoms with E-state index in [1.165, 1.54) is 4.90 Å². The lowest BCUT2D eigenvalue weighted by molar-refractivity contribution is -0.143. The zero-order valence-electron chi connectivity index (χ0n) is 26.8. The summed E-state index contributed by atoms with van der Waals surface area (Å²) in [7, 11) is 0. The number of nitrogens with one attached hydrogen (secondary N) is 1. The first-order valence-corrected chi connectivity index (χ1v) is 15.7. The van der Waals surface area contributed by atoms with E-state index in [-0.39, 0.29) is 43.2 Å². The van der Waals surface area contributed by atoms with Crippen LogP contribution in [0, 0.1) is 0 Å². The van der Waals surface area contributed by atoms with Gasteiger partial charge < -0.3 is 14.8 Å². The first-order valence-electron chi connectivity index (χ1n) is 14.9. The van der Waals surface area contributed by atoms with Crippen LogP contribution in [0.3, 0.4) is 0 Å². The Morgan fingerprint density at radius 2 is 1.75 bits per heavy atom. The fourth-order valence-electron chi connectivity index (χ4n) is 4.80. The predicted octanol–water partition coefficient (Wildman–Crippen LogP) is 6.36. The number of amides is 2. The standard InChI is InChI=1S/C34H44BrN3O6/c1-8-43-30(40)19-25(24-16-26(33(2,3)4)20-27(35)17-24)18-28(39)21-37-31(41)23-11-9-10-22(14-23)15-29-36-12-13-38(29)32(42)44-34(5,6)7/h9-11,14,16-17,20,25H,8,12-13,15,18-19,21H2,1-7H3,(H,37,41)/t25-/m0/s1. The van der Waals surface area contributed by atoms with Crippen molar-refractivity contribution in [1.29, 1.82) is 0 Å². The number of halogens is 1. The van der Waals surface area contributed by atoms with E-state index in [1.807, 2.05) is 45.0 Å². The molecule has 0 radical (unpaired) electrons. The molecule has 0 saturated heterocycles. The molecule has 1 heterocycles. The number of amidine groups is 1. The molecule has 3 rings (SSSR count). The fraction of sp³-hybridized carbons (Fsp3) is 0.500. The molecule has 44 heavy (non-hydrogen) atoms. The van der Waals surface area contributed by atoms with Crippen LogP contribution in [0.15, 0.2) is 51.9 Å². The highest BCUT2D eigenvalue weighted by Gasteiger charge is 2.29. The third-order valence-electron chi connectivity index (χ3n) is 6.99. The SMILES string of the molecule is CCOC(=O)C[C@H](CC(=O)CNC(=O)c1cccc(CC2=NCCN2C(=O)OC(C)(C)C)c1)c1cc(Br)cc(C(C)(C)C)c1. The van der Waals surface area contributed by atoms with Crippen LogP contribution in [0.25, 0.3) is 0 Å². The minimum absolute atomic E-state index is 0.0554. The summed E-state index contributed by atoms with van der Waals surface area (Å²) < 4.78 is 11.6. The molecule has 0 aromatic heterocycles. The number of rotatable bonds is 11. The Balaban J connectivity index is 1.66. The van der Waals surface area contributed by atoms with Gasteiger partial charge in [-0.15, -0.1) is 0 Å². The Hall–Kier alpha value is -3.53. The van der Waals surface area contributed by atoms with Gasteiger partial charge in [0.2, 0.25) is 0 Å². The Morgan fingerprint density at radius 1 is 1.02 bits per heavy atom. The van der Waals surface area contributed by atoms with Crippen LogP contribution in [0.4, 0.5) is 4.79 Å². The van der Waals surface area contributed by atoms with E-state index >= 15 is 0 Å². The number of ketones is 1. The smallest absolute Gasteiger partial charge is 0.415 e. The third-order valence-corrected chi connectivity index (χ3v) is 7.45. The van der Waals surface area contributed by atoms with E-state index < -0.39 is 23.5 Å². The van der Waals surface area contributed by atoms with Gasteiger partial charge in [-0.3, -0.25) is 24.3 Å². The van der Waals surface area contributed by atoms with Crippen molar-refractivity contribution in [1.82, 2.24) is 10.2 Å². The molecular weight excluding hydrogens is 626 g/mol. The van der Waals surface area contributed by atoms with Crippen molar-refractivity contribution in [3.05, 3.63) is 69.2 Å².